The monoisotopic (exact) mass is 544 g/mol. The molecule has 5 aromatic rings. The van der Waals surface area contributed by atoms with Gasteiger partial charge in [0, 0.05) is 49.2 Å². The van der Waals surface area contributed by atoms with E-state index in [1.54, 1.807) is 51.1 Å². The fourth-order valence-corrected chi connectivity index (χ4v) is 5.96. The van der Waals surface area contributed by atoms with Crippen molar-refractivity contribution in [1.29, 1.82) is 0 Å². The molecule has 1 saturated heterocycles. The Kier molecular flexibility index (Phi) is 6.54. The van der Waals surface area contributed by atoms with Crippen molar-refractivity contribution in [1.82, 2.24) is 29.5 Å². The molecule has 5 heterocycles. The molecule has 0 unspecified atom stereocenters. The molecule has 0 aliphatic carbocycles. The molecule has 0 saturated carbocycles. The number of aliphatic hydroxyl groups is 1. The van der Waals surface area contributed by atoms with Gasteiger partial charge in [-0.1, -0.05) is 5.21 Å². The van der Waals surface area contributed by atoms with Crippen LogP contribution in [0.3, 0.4) is 0 Å². The molecule has 1 aliphatic rings. The second kappa shape index (κ2) is 9.94. The van der Waals surface area contributed by atoms with Gasteiger partial charge in [-0.05, 0) is 69.9 Å². The van der Waals surface area contributed by atoms with Gasteiger partial charge in [-0.3, -0.25) is 9.97 Å². The molecule has 0 radical (unpaired) electrons. The highest BCUT2D eigenvalue weighted by molar-refractivity contribution is 6.07. The first kappa shape index (κ1) is 26.3. The van der Waals surface area contributed by atoms with E-state index in [4.69, 9.17) is 19.4 Å². The van der Waals surface area contributed by atoms with Gasteiger partial charge < -0.3 is 19.1 Å². The van der Waals surface area contributed by atoms with E-state index in [9.17, 15) is 5.11 Å². The minimum absolute atomic E-state index is 0.163. The summed E-state index contributed by atoms with van der Waals surface area (Å²) in [4.78, 5) is 9.60. The summed E-state index contributed by atoms with van der Waals surface area (Å²) in [6.07, 6.45) is 5.08. The van der Waals surface area contributed by atoms with Gasteiger partial charge in [0.25, 0.3) is 0 Å². The standard InChI is InChI=1S/C30H33FN6O3/c1-17-28(36(4)35-34-17)20-15-23-21(14-22(20)31)26-24(13-19(16-33-26)30(2,3)38)37(23)29(18-8-11-40-12-9-18)27-25(39-5)7-6-10-32-27/h6-7,10,13-16,18,29,38H,8-9,11-12H2,1-5H3/t29-/m0/s1. The molecule has 1 atom stereocenters. The smallest absolute Gasteiger partial charge is 0.142 e. The second-order valence-corrected chi connectivity index (χ2v) is 11.0. The number of methoxy groups -OCH3 is 1. The van der Waals surface area contributed by atoms with Gasteiger partial charge in [0.15, 0.2) is 0 Å². The summed E-state index contributed by atoms with van der Waals surface area (Å²) in [5.41, 5.74) is 4.23. The molecule has 4 aromatic heterocycles. The Morgan fingerprint density at radius 2 is 1.93 bits per heavy atom. The van der Waals surface area contributed by atoms with E-state index in [0.29, 0.717) is 52.4 Å². The molecule has 0 amide bonds. The average molecular weight is 545 g/mol. The van der Waals surface area contributed by atoms with Crippen molar-refractivity contribution in [3.63, 3.8) is 0 Å². The number of nitrogens with zero attached hydrogens (tertiary/aromatic N) is 6. The van der Waals surface area contributed by atoms with Crippen LogP contribution in [-0.4, -0.2) is 55.0 Å². The van der Waals surface area contributed by atoms with E-state index in [2.05, 4.69) is 14.9 Å². The zero-order valence-electron chi connectivity index (χ0n) is 23.3. The van der Waals surface area contributed by atoms with Crippen molar-refractivity contribution in [2.24, 2.45) is 13.0 Å². The highest BCUT2D eigenvalue weighted by Crippen LogP contribution is 2.44. The molecule has 6 rings (SSSR count). The van der Waals surface area contributed by atoms with E-state index >= 15 is 4.39 Å². The van der Waals surface area contributed by atoms with Gasteiger partial charge in [0.05, 0.1) is 46.7 Å². The third kappa shape index (κ3) is 4.31. The summed E-state index contributed by atoms with van der Waals surface area (Å²) in [6, 6.07) is 8.88. The van der Waals surface area contributed by atoms with E-state index in [0.717, 1.165) is 29.6 Å². The van der Waals surface area contributed by atoms with Crippen LogP contribution >= 0.6 is 0 Å². The zero-order valence-corrected chi connectivity index (χ0v) is 23.3. The Bertz CT molecular complexity index is 1700. The Labute approximate surface area is 231 Å². The molecule has 10 heteroatoms. The van der Waals surface area contributed by atoms with Gasteiger partial charge in [0.1, 0.15) is 17.3 Å². The quantitative estimate of drug-likeness (QED) is 0.318. The molecule has 1 fully saturated rings. The van der Waals surface area contributed by atoms with E-state index in [-0.39, 0.29) is 17.8 Å². The Balaban J connectivity index is 1.74. The summed E-state index contributed by atoms with van der Waals surface area (Å²) in [5, 5.41) is 19.8. The molecule has 0 spiro atoms. The minimum atomic E-state index is -1.12. The first-order chi connectivity index (χ1) is 19.2. The molecule has 1 N–H and O–H groups in total. The van der Waals surface area contributed by atoms with Gasteiger partial charge in [0.2, 0.25) is 0 Å². The highest BCUT2D eigenvalue weighted by atomic mass is 19.1. The van der Waals surface area contributed by atoms with E-state index in [1.165, 1.54) is 0 Å². The lowest BCUT2D eigenvalue weighted by Crippen LogP contribution is -2.28. The molecule has 208 valence electrons. The van der Waals surface area contributed by atoms with Crippen molar-refractivity contribution < 1.29 is 19.0 Å². The first-order valence-corrected chi connectivity index (χ1v) is 13.5. The largest absolute Gasteiger partial charge is 0.495 e. The van der Waals surface area contributed by atoms with Crippen LogP contribution in [0.5, 0.6) is 5.75 Å². The number of pyridine rings is 2. The van der Waals surface area contributed by atoms with Crippen LogP contribution in [0.4, 0.5) is 4.39 Å². The molecular weight excluding hydrogens is 511 g/mol. The van der Waals surface area contributed by atoms with Crippen molar-refractivity contribution in [3.8, 4) is 17.0 Å². The molecule has 40 heavy (non-hydrogen) atoms. The van der Waals surface area contributed by atoms with Crippen molar-refractivity contribution in [2.75, 3.05) is 20.3 Å². The lowest BCUT2D eigenvalue weighted by Gasteiger charge is -2.33. The summed E-state index contributed by atoms with van der Waals surface area (Å²) >= 11 is 0. The zero-order chi connectivity index (χ0) is 28.2. The number of hydrogen-bond acceptors (Lipinski definition) is 7. The molecule has 0 bridgehead atoms. The summed E-state index contributed by atoms with van der Waals surface area (Å²) < 4.78 is 31.2. The van der Waals surface area contributed by atoms with Crippen LogP contribution in [0, 0.1) is 18.7 Å². The topological polar surface area (TPSA) is 100 Å². The third-order valence-corrected chi connectivity index (χ3v) is 7.97. The molecule has 1 aliphatic heterocycles. The SMILES string of the molecule is COc1cccnc1[C@H](C1CCOCC1)n1c2cc(-c3c(C)nnn3C)c(F)cc2c2ncc(C(C)(C)O)cc21. The number of hydrogen-bond donors (Lipinski definition) is 1. The van der Waals surface area contributed by atoms with Crippen LogP contribution in [0.1, 0.15) is 49.7 Å². The fourth-order valence-electron chi connectivity index (χ4n) is 5.96. The van der Waals surface area contributed by atoms with Crippen LogP contribution in [0.15, 0.2) is 42.7 Å². The number of aromatic nitrogens is 6. The average Bonchev–Trinajstić information content (AvgIpc) is 3.44. The summed E-state index contributed by atoms with van der Waals surface area (Å²) in [7, 11) is 3.41. The maximum absolute atomic E-state index is 15.9. The highest BCUT2D eigenvalue weighted by Gasteiger charge is 2.34. The number of fused-ring (bicyclic) bond motifs is 3. The third-order valence-electron chi connectivity index (χ3n) is 7.97. The molecule has 1 aromatic carbocycles. The van der Waals surface area contributed by atoms with Gasteiger partial charge in [-0.2, -0.15) is 0 Å². The van der Waals surface area contributed by atoms with Gasteiger partial charge >= 0.3 is 0 Å². The van der Waals surface area contributed by atoms with Crippen LogP contribution in [0.2, 0.25) is 0 Å². The molecular formula is C30H33FN6O3. The minimum Gasteiger partial charge on any atom is -0.495 e. The Morgan fingerprint density at radius 3 is 2.60 bits per heavy atom. The van der Waals surface area contributed by atoms with Crippen LogP contribution < -0.4 is 4.74 Å². The predicted octanol–water partition coefficient (Wildman–Crippen LogP) is 5.08. The normalized spacial score (nSPS) is 15.7. The molecule has 9 nitrogen and oxygen atoms in total. The number of ether oxygens (including phenoxy) is 2. The number of benzene rings is 1. The lowest BCUT2D eigenvalue weighted by atomic mass is 9.88. The number of halogens is 1. The van der Waals surface area contributed by atoms with Gasteiger partial charge in [-0.15, -0.1) is 5.10 Å². The number of aryl methyl sites for hydroxylation is 2. The van der Waals surface area contributed by atoms with E-state index < -0.39 is 5.60 Å². The van der Waals surface area contributed by atoms with Crippen LogP contribution in [0.25, 0.3) is 33.2 Å². The van der Waals surface area contributed by atoms with E-state index in [1.807, 2.05) is 31.2 Å². The van der Waals surface area contributed by atoms with Crippen LogP contribution in [-0.2, 0) is 17.4 Å². The predicted molar refractivity (Wildman–Crippen MR) is 150 cm³/mol. The first-order valence-electron chi connectivity index (χ1n) is 13.5. The maximum atomic E-state index is 15.9. The fraction of sp³-hybridized carbons (Fsp3) is 0.400. The summed E-state index contributed by atoms with van der Waals surface area (Å²) in [6.45, 7) is 6.57. The second-order valence-electron chi connectivity index (χ2n) is 11.0. The Hall–Kier alpha value is -3.89. The Morgan fingerprint density at radius 1 is 1.15 bits per heavy atom. The number of rotatable bonds is 6. The van der Waals surface area contributed by atoms with Crippen molar-refractivity contribution in [2.45, 2.75) is 45.3 Å². The maximum Gasteiger partial charge on any atom is 0.142 e. The lowest BCUT2D eigenvalue weighted by molar-refractivity contribution is 0.0544. The summed E-state index contributed by atoms with van der Waals surface area (Å²) in [5.74, 6) is 0.455. The van der Waals surface area contributed by atoms with Crippen molar-refractivity contribution >= 4 is 21.9 Å². The van der Waals surface area contributed by atoms with Crippen molar-refractivity contribution in [3.05, 3.63) is 65.5 Å². The van der Waals surface area contributed by atoms with Gasteiger partial charge in [-0.25, -0.2) is 9.07 Å².